The zero-order valence-electron chi connectivity index (χ0n) is 12.7. The van der Waals surface area contributed by atoms with Crippen molar-refractivity contribution in [3.8, 4) is 23.0 Å². The Labute approximate surface area is 130 Å². The van der Waals surface area contributed by atoms with Crippen LogP contribution in [0.15, 0.2) is 42.5 Å². The molecule has 2 aromatic rings. The number of para-hydroxylation sites is 1. The lowest BCUT2D eigenvalue weighted by atomic mass is 10.1. The third-order valence-electron chi connectivity index (χ3n) is 3.10. The quantitative estimate of drug-likeness (QED) is 0.760. The highest BCUT2D eigenvalue weighted by Gasteiger charge is 2.12. The van der Waals surface area contributed by atoms with E-state index in [0.717, 1.165) is 5.75 Å². The summed E-state index contributed by atoms with van der Waals surface area (Å²) in [6, 6.07) is 13.0. The van der Waals surface area contributed by atoms with E-state index in [1.54, 1.807) is 12.1 Å². The first-order valence-corrected chi connectivity index (χ1v) is 6.95. The van der Waals surface area contributed by atoms with Crippen molar-refractivity contribution in [3.63, 3.8) is 0 Å². The van der Waals surface area contributed by atoms with Crippen LogP contribution < -0.4 is 18.9 Å². The van der Waals surface area contributed by atoms with Crippen molar-refractivity contribution in [1.29, 1.82) is 0 Å². The van der Waals surface area contributed by atoms with Crippen molar-refractivity contribution in [2.75, 3.05) is 27.4 Å². The van der Waals surface area contributed by atoms with Crippen molar-refractivity contribution in [1.82, 2.24) is 0 Å². The van der Waals surface area contributed by atoms with Gasteiger partial charge < -0.3 is 24.1 Å². The molecule has 0 amide bonds. The van der Waals surface area contributed by atoms with Crippen molar-refractivity contribution in [3.05, 3.63) is 48.0 Å². The van der Waals surface area contributed by atoms with Crippen LogP contribution in [-0.2, 0) is 6.61 Å². The Kier molecular flexibility index (Phi) is 5.91. The van der Waals surface area contributed by atoms with E-state index in [1.807, 2.05) is 30.3 Å². The molecule has 0 aliphatic heterocycles. The van der Waals surface area contributed by atoms with Gasteiger partial charge in [-0.25, -0.2) is 0 Å². The summed E-state index contributed by atoms with van der Waals surface area (Å²) in [7, 11) is 3.08. The van der Waals surface area contributed by atoms with Crippen LogP contribution >= 0.6 is 0 Å². The maximum Gasteiger partial charge on any atom is 0.131 e. The number of hydrogen-bond donors (Lipinski definition) is 1. The molecule has 2 rings (SSSR count). The van der Waals surface area contributed by atoms with Gasteiger partial charge in [0.15, 0.2) is 0 Å². The Morgan fingerprint density at radius 1 is 0.818 bits per heavy atom. The van der Waals surface area contributed by atoms with Gasteiger partial charge in [-0.15, -0.1) is 0 Å². The van der Waals surface area contributed by atoms with Crippen LogP contribution in [0.5, 0.6) is 23.0 Å². The second-order valence-corrected chi connectivity index (χ2v) is 4.47. The van der Waals surface area contributed by atoms with Gasteiger partial charge in [0.25, 0.3) is 0 Å². The molecule has 0 aliphatic carbocycles. The fourth-order valence-corrected chi connectivity index (χ4v) is 2.03. The normalized spacial score (nSPS) is 10.1. The predicted molar refractivity (Wildman–Crippen MR) is 82.9 cm³/mol. The lowest BCUT2D eigenvalue weighted by Gasteiger charge is -2.14. The lowest BCUT2D eigenvalue weighted by Crippen LogP contribution is -2.09. The average Bonchev–Trinajstić information content (AvgIpc) is 2.58. The van der Waals surface area contributed by atoms with Crippen LogP contribution in [0.25, 0.3) is 0 Å². The molecule has 0 atom stereocenters. The minimum absolute atomic E-state index is 0.163. The molecule has 0 aromatic heterocycles. The molecule has 0 bridgehead atoms. The molecule has 5 heteroatoms. The van der Waals surface area contributed by atoms with Crippen molar-refractivity contribution in [2.24, 2.45) is 0 Å². The number of hydrogen-bond acceptors (Lipinski definition) is 5. The Bertz CT molecular complexity index is 558. The van der Waals surface area contributed by atoms with Gasteiger partial charge in [-0.2, -0.15) is 0 Å². The molecule has 0 aliphatic rings. The summed E-state index contributed by atoms with van der Waals surface area (Å²) in [5, 5.41) is 9.37. The predicted octanol–water partition coefficient (Wildman–Crippen LogP) is 2.65. The zero-order valence-corrected chi connectivity index (χ0v) is 12.7. The minimum atomic E-state index is -0.163. The summed E-state index contributed by atoms with van der Waals surface area (Å²) < 4.78 is 21.7. The molecule has 0 spiro atoms. The highest BCUT2D eigenvalue weighted by atomic mass is 16.5. The maximum atomic E-state index is 9.37. The first kappa shape index (κ1) is 16.0. The number of rotatable bonds is 8. The van der Waals surface area contributed by atoms with E-state index in [4.69, 9.17) is 18.9 Å². The van der Waals surface area contributed by atoms with Crippen LogP contribution in [0.3, 0.4) is 0 Å². The summed E-state index contributed by atoms with van der Waals surface area (Å²) in [5.74, 6) is 2.46. The summed E-state index contributed by atoms with van der Waals surface area (Å²) in [6.07, 6.45) is 0. The first-order chi connectivity index (χ1) is 10.8. The van der Waals surface area contributed by atoms with E-state index in [0.29, 0.717) is 36.0 Å². The fraction of sp³-hybridized carbons (Fsp3) is 0.294. The molecule has 0 saturated carbocycles. The molecule has 22 heavy (non-hydrogen) atoms. The van der Waals surface area contributed by atoms with Gasteiger partial charge in [0, 0.05) is 12.1 Å². The monoisotopic (exact) mass is 304 g/mol. The molecule has 1 N–H and O–H groups in total. The van der Waals surface area contributed by atoms with E-state index >= 15 is 0 Å². The summed E-state index contributed by atoms with van der Waals surface area (Å²) >= 11 is 0. The summed E-state index contributed by atoms with van der Waals surface area (Å²) in [4.78, 5) is 0. The Hall–Kier alpha value is -2.40. The largest absolute Gasteiger partial charge is 0.496 e. The molecule has 0 unspecified atom stereocenters. The molecule has 118 valence electrons. The molecular weight excluding hydrogens is 284 g/mol. The summed E-state index contributed by atoms with van der Waals surface area (Å²) in [5.41, 5.74) is 0.595. The van der Waals surface area contributed by atoms with Crippen molar-refractivity contribution in [2.45, 2.75) is 6.61 Å². The molecule has 0 fully saturated rings. The van der Waals surface area contributed by atoms with E-state index < -0.39 is 0 Å². The highest BCUT2D eigenvalue weighted by molar-refractivity contribution is 5.50. The minimum Gasteiger partial charge on any atom is -0.496 e. The van der Waals surface area contributed by atoms with Crippen LogP contribution in [0.1, 0.15) is 5.56 Å². The molecular formula is C17H20O5. The second-order valence-electron chi connectivity index (χ2n) is 4.47. The Morgan fingerprint density at radius 3 is 1.86 bits per heavy atom. The van der Waals surface area contributed by atoms with Gasteiger partial charge in [-0.1, -0.05) is 18.2 Å². The fourth-order valence-electron chi connectivity index (χ4n) is 2.03. The van der Waals surface area contributed by atoms with Crippen LogP contribution in [-0.4, -0.2) is 32.5 Å². The smallest absolute Gasteiger partial charge is 0.131 e. The summed E-state index contributed by atoms with van der Waals surface area (Å²) in [6.45, 7) is 0.653. The van der Waals surface area contributed by atoms with Crippen molar-refractivity contribution >= 4 is 0 Å². The van der Waals surface area contributed by atoms with Gasteiger partial charge in [-0.05, 0) is 12.1 Å². The van der Waals surface area contributed by atoms with Crippen molar-refractivity contribution < 1.29 is 24.1 Å². The van der Waals surface area contributed by atoms with Crippen LogP contribution in [0.2, 0.25) is 0 Å². The number of ether oxygens (including phenoxy) is 4. The number of aliphatic hydroxyl groups is 1. The first-order valence-electron chi connectivity index (χ1n) is 6.95. The maximum absolute atomic E-state index is 9.37. The zero-order chi connectivity index (χ0) is 15.8. The van der Waals surface area contributed by atoms with Gasteiger partial charge in [0.1, 0.15) is 36.2 Å². The Morgan fingerprint density at radius 2 is 1.36 bits per heavy atom. The number of methoxy groups -OCH3 is 2. The van der Waals surface area contributed by atoms with Gasteiger partial charge in [-0.3, -0.25) is 0 Å². The van der Waals surface area contributed by atoms with E-state index in [9.17, 15) is 5.11 Å². The molecule has 0 saturated heterocycles. The number of benzene rings is 2. The third-order valence-corrected chi connectivity index (χ3v) is 3.10. The van der Waals surface area contributed by atoms with Gasteiger partial charge in [0.05, 0.1) is 26.4 Å². The van der Waals surface area contributed by atoms with Gasteiger partial charge >= 0.3 is 0 Å². The molecule has 0 heterocycles. The third kappa shape index (κ3) is 4.05. The van der Waals surface area contributed by atoms with E-state index in [-0.39, 0.29) is 6.61 Å². The lowest BCUT2D eigenvalue weighted by molar-refractivity contribution is 0.215. The second kappa shape index (κ2) is 8.14. The number of aliphatic hydroxyl groups excluding tert-OH is 1. The topological polar surface area (TPSA) is 57.2 Å². The Balaban J connectivity index is 1.95. The SMILES string of the molecule is COc1cc(OCCOc2ccccc2)cc(OC)c1CO. The van der Waals surface area contributed by atoms with E-state index in [2.05, 4.69) is 0 Å². The standard InChI is InChI=1S/C17H20O5/c1-19-16-10-14(11-17(20-2)15(16)12-18)22-9-8-21-13-6-4-3-5-7-13/h3-7,10-11,18H,8-9,12H2,1-2H3. The van der Waals surface area contributed by atoms with Crippen LogP contribution in [0, 0.1) is 0 Å². The highest BCUT2D eigenvalue weighted by Crippen LogP contribution is 2.34. The van der Waals surface area contributed by atoms with Gasteiger partial charge in [0.2, 0.25) is 0 Å². The average molecular weight is 304 g/mol. The molecule has 5 nitrogen and oxygen atoms in total. The van der Waals surface area contributed by atoms with Crippen LogP contribution in [0.4, 0.5) is 0 Å². The molecule has 2 aromatic carbocycles. The molecule has 0 radical (unpaired) electrons. The van der Waals surface area contributed by atoms with E-state index in [1.165, 1.54) is 14.2 Å².